The molecule has 0 aliphatic heterocycles. The summed E-state index contributed by atoms with van der Waals surface area (Å²) < 4.78 is 0. The van der Waals surface area contributed by atoms with Gasteiger partial charge in [0, 0.05) is 21.7 Å². The lowest BCUT2D eigenvalue weighted by Crippen LogP contribution is -2.12. The van der Waals surface area contributed by atoms with Crippen LogP contribution in [0.4, 0.5) is 5.69 Å². The molecule has 0 aliphatic rings. The van der Waals surface area contributed by atoms with Gasteiger partial charge in [0.05, 0.1) is 0 Å². The molecule has 1 heterocycles. The third kappa shape index (κ3) is 3.96. The highest BCUT2D eigenvalue weighted by Gasteiger charge is 2.11. The summed E-state index contributed by atoms with van der Waals surface area (Å²) in [5, 5.41) is 5.66. The molecule has 110 valence electrons. The second-order valence-electron chi connectivity index (χ2n) is 4.61. The number of thiophene rings is 1. The highest BCUT2D eigenvalue weighted by atomic mass is 35.5. The molecule has 0 bridgehead atoms. The summed E-state index contributed by atoms with van der Waals surface area (Å²) in [4.78, 5) is 13.2. The molecule has 1 aromatic heterocycles. The zero-order chi connectivity index (χ0) is 15.2. The number of benzene rings is 1. The standard InChI is InChI=1S/C17H18ClNOS/c1-3-12-7-9-15(18)14(4-2)17(12)19-16(20)10-8-13-6-5-11-21-13/h5-11H,3-4H2,1-2H3,(H,19,20)/b10-8+. The van der Waals surface area contributed by atoms with Crippen molar-refractivity contribution in [3.63, 3.8) is 0 Å². The Kier molecular flexibility index (Phi) is 5.59. The van der Waals surface area contributed by atoms with E-state index in [0.29, 0.717) is 5.02 Å². The van der Waals surface area contributed by atoms with Gasteiger partial charge in [0.1, 0.15) is 0 Å². The van der Waals surface area contributed by atoms with Crippen molar-refractivity contribution >= 4 is 40.6 Å². The van der Waals surface area contributed by atoms with Crippen molar-refractivity contribution in [2.75, 3.05) is 5.32 Å². The van der Waals surface area contributed by atoms with Gasteiger partial charge in [-0.2, -0.15) is 0 Å². The van der Waals surface area contributed by atoms with Gasteiger partial charge in [-0.3, -0.25) is 4.79 Å². The number of aryl methyl sites for hydroxylation is 1. The average molecular weight is 320 g/mol. The van der Waals surface area contributed by atoms with Crippen LogP contribution >= 0.6 is 22.9 Å². The number of nitrogens with one attached hydrogen (secondary N) is 1. The summed E-state index contributed by atoms with van der Waals surface area (Å²) in [6.45, 7) is 4.11. The molecule has 0 fully saturated rings. The normalized spacial score (nSPS) is 11.0. The van der Waals surface area contributed by atoms with Crippen molar-refractivity contribution in [1.82, 2.24) is 0 Å². The first kappa shape index (κ1) is 15.8. The number of amides is 1. The highest BCUT2D eigenvalue weighted by molar-refractivity contribution is 7.10. The van der Waals surface area contributed by atoms with Gasteiger partial charge in [0.25, 0.3) is 0 Å². The minimum Gasteiger partial charge on any atom is -0.322 e. The van der Waals surface area contributed by atoms with E-state index in [1.807, 2.05) is 42.6 Å². The number of anilines is 1. The summed E-state index contributed by atoms with van der Waals surface area (Å²) in [6, 6.07) is 7.81. The Morgan fingerprint density at radius 2 is 2.10 bits per heavy atom. The van der Waals surface area contributed by atoms with Crippen molar-refractivity contribution in [1.29, 1.82) is 0 Å². The Labute approximate surface area is 134 Å². The molecule has 4 heteroatoms. The first-order chi connectivity index (χ1) is 10.2. The van der Waals surface area contributed by atoms with Gasteiger partial charge in [-0.1, -0.05) is 37.6 Å². The Morgan fingerprint density at radius 3 is 2.71 bits per heavy atom. The molecule has 1 aromatic carbocycles. The Morgan fingerprint density at radius 1 is 1.29 bits per heavy atom. The van der Waals surface area contributed by atoms with Crippen molar-refractivity contribution in [2.45, 2.75) is 26.7 Å². The van der Waals surface area contributed by atoms with E-state index >= 15 is 0 Å². The van der Waals surface area contributed by atoms with Crippen LogP contribution in [0.25, 0.3) is 6.08 Å². The van der Waals surface area contributed by atoms with Gasteiger partial charge in [-0.25, -0.2) is 0 Å². The lowest BCUT2D eigenvalue weighted by atomic mass is 10.0. The predicted molar refractivity (Wildman–Crippen MR) is 92.2 cm³/mol. The zero-order valence-corrected chi connectivity index (χ0v) is 13.7. The van der Waals surface area contributed by atoms with Gasteiger partial charge >= 0.3 is 0 Å². The number of rotatable bonds is 5. The van der Waals surface area contributed by atoms with E-state index in [2.05, 4.69) is 12.2 Å². The Balaban J connectivity index is 2.22. The number of carbonyl (C=O) groups excluding carboxylic acids is 1. The fraction of sp³-hybridized carbons (Fsp3) is 0.235. The molecule has 0 aliphatic carbocycles. The molecule has 0 saturated carbocycles. The number of hydrogen-bond donors (Lipinski definition) is 1. The molecule has 21 heavy (non-hydrogen) atoms. The smallest absolute Gasteiger partial charge is 0.248 e. The van der Waals surface area contributed by atoms with Gasteiger partial charge in [-0.15, -0.1) is 11.3 Å². The van der Waals surface area contributed by atoms with Crippen molar-refractivity contribution in [2.24, 2.45) is 0 Å². The number of halogens is 1. The zero-order valence-electron chi connectivity index (χ0n) is 12.2. The molecule has 0 unspecified atom stereocenters. The van der Waals surface area contributed by atoms with Crippen molar-refractivity contribution in [3.05, 3.63) is 56.7 Å². The van der Waals surface area contributed by atoms with Crippen LogP contribution in [-0.4, -0.2) is 5.91 Å². The third-order valence-electron chi connectivity index (χ3n) is 3.27. The molecule has 1 N–H and O–H groups in total. The van der Waals surface area contributed by atoms with Crippen LogP contribution in [0.1, 0.15) is 29.9 Å². The van der Waals surface area contributed by atoms with E-state index in [-0.39, 0.29) is 5.91 Å². The summed E-state index contributed by atoms with van der Waals surface area (Å²) in [5.74, 6) is -0.130. The first-order valence-corrected chi connectivity index (χ1v) is 8.24. The number of hydrogen-bond acceptors (Lipinski definition) is 2. The number of carbonyl (C=O) groups is 1. The summed E-state index contributed by atoms with van der Waals surface area (Å²) in [7, 11) is 0. The molecule has 0 spiro atoms. The summed E-state index contributed by atoms with van der Waals surface area (Å²) in [6.07, 6.45) is 5.03. The molecule has 0 radical (unpaired) electrons. The van der Waals surface area contributed by atoms with E-state index in [4.69, 9.17) is 11.6 Å². The van der Waals surface area contributed by atoms with Gasteiger partial charge in [0.15, 0.2) is 0 Å². The van der Waals surface area contributed by atoms with Crippen LogP contribution in [0.2, 0.25) is 5.02 Å². The van der Waals surface area contributed by atoms with Crippen LogP contribution in [0.15, 0.2) is 35.7 Å². The molecule has 0 saturated heterocycles. The summed E-state index contributed by atoms with van der Waals surface area (Å²) in [5.41, 5.74) is 2.95. The van der Waals surface area contributed by atoms with E-state index in [9.17, 15) is 4.79 Å². The minimum atomic E-state index is -0.130. The second kappa shape index (κ2) is 7.43. The second-order valence-corrected chi connectivity index (χ2v) is 5.99. The lowest BCUT2D eigenvalue weighted by Gasteiger charge is -2.15. The summed E-state index contributed by atoms with van der Waals surface area (Å²) >= 11 is 7.83. The van der Waals surface area contributed by atoms with Crippen LogP contribution < -0.4 is 5.32 Å². The fourth-order valence-electron chi connectivity index (χ4n) is 2.18. The maximum absolute atomic E-state index is 12.1. The quantitative estimate of drug-likeness (QED) is 0.756. The van der Waals surface area contributed by atoms with E-state index in [1.54, 1.807) is 17.4 Å². The average Bonchev–Trinajstić information content (AvgIpc) is 2.99. The highest BCUT2D eigenvalue weighted by Crippen LogP contribution is 2.29. The Hall–Kier alpha value is -1.58. The fourth-order valence-corrected chi connectivity index (χ4v) is 3.08. The van der Waals surface area contributed by atoms with E-state index in [1.165, 1.54) is 0 Å². The van der Waals surface area contributed by atoms with Crippen molar-refractivity contribution in [3.8, 4) is 0 Å². The molecular weight excluding hydrogens is 302 g/mol. The van der Waals surface area contributed by atoms with Crippen LogP contribution in [0, 0.1) is 0 Å². The molecule has 2 aromatic rings. The van der Waals surface area contributed by atoms with Crippen LogP contribution in [0.5, 0.6) is 0 Å². The van der Waals surface area contributed by atoms with Crippen LogP contribution in [0.3, 0.4) is 0 Å². The molecular formula is C17H18ClNOS. The van der Waals surface area contributed by atoms with Gasteiger partial charge < -0.3 is 5.32 Å². The molecule has 1 amide bonds. The van der Waals surface area contributed by atoms with Gasteiger partial charge in [0.2, 0.25) is 5.91 Å². The largest absolute Gasteiger partial charge is 0.322 e. The van der Waals surface area contributed by atoms with E-state index < -0.39 is 0 Å². The minimum absolute atomic E-state index is 0.130. The maximum atomic E-state index is 12.1. The SMILES string of the molecule is CCc1ccc(Cl)c(CC)c1NC(=O)/C=C/c1cccs1. The molecule has 2 nitrogen and oxygen atoms in total. The lowest BCUT2D eigenvalue weighted by molar-refractivity contribution is -0.111. The predicted octanol–water partition coefficient (Wildman–Crippen LogP) is 5.18. The monoisotopic (exact) mass is 319 g/mol. The topological polar surface area (TPSA) is 29.1 Å². The molecule has 0 atom stereocenters. The van der Waals surface area contributed by atoms with Crippen LogP contribution in [-0.2, 0) is 17.6 Å². The first-order valence-electron chi connectivity index (χ1n) is 6.98. The molecule has 2 rings (SSSR count). The van der Waals surface area contributed by atoms with Gasteiger partial charge in [-0.05, 0) is 47.6 Å². The third-order valence-corrected chi connectivity index (χ3v) is 4.46. The van der Waals surface area contributed by atoms with Crippen molar-refractivity contribution < 1.29 is 4.79 Å². The maximum Gasteiger partial charge on any atom is 0.248 e. The Bertz CT molecular complexity index is 647. The van der Waals surface area contributed by atoms with E-state index in [0.717, 1.165) is 34.5 Å².